The van der Waals surface area contributed by atoms with Gasteiger partial charge >= 0.3 is 11.9 Å². The Morgan fingerprint density at radius 3 is 1.37 bits per heavy atom. The Balaban J connectivity index is 1.17. The van der Waals surface area contributed by atoms with Crippen LogP contribution in [0.25, 0.3) is 0 Å². The number of hydrogen-bond donors (Lipinski definition) is 6. The summed E-state index contributed by atoms with van der Waals surface area (Å²) in [6, 6.07) is 26.3. The molecular weight excluding hydrogens is 668 g/mol. The number of anilines is 3. The van der Waals surface area contributed by atoms with Gasteiger partial charge in [-0.2, -0.15) is 0 Å². The van der Waals surface area contributed by atoms with E-state index in [1.165, 1.54) is 48.5 Å². The van der Waals surface area contributed by atoms with Crippen LogP contribution in [0, 0.1) is 0 Å². The van der Waals surface area contributed by atoms with Crippen molar-refractivity contribution in [2.75, 3.05) is 11.1 Å². The minimum absolute atomic E-state index is 0.0705. The summed E-state index contributed by atoms with van der Waals surface area (Å²) in [7, 11) is 0. The molecule has 2 spiro atoms. The molecule has 0 fully saturated rings. The number of esters is 2. The van der Waals surface area contributed by atoms with E-state index in [0.717, 1.165) is 0 Å². The molecule has 0 radical (unpaired) electrons. The Kier molecular flexibility index (Phi) is 5.62. The number of phenols is 4. The first-order valence-corrected chi connectivity index (χ1v) is 16.1. The SMILES string of the molecule is Nc1ccc2c(c1Nc1cccc3c1C(=O)OC31c3ccc(O)cc3Oc3cc(O)ccc31)C(=O)OC21c2ccc(O)cc2Oc2cc(O)ccc21. The van der Waals surface area contributed by atoms with Crippen LogP contribution in [-0.2, 0) is 20.7 Å². The van der Waals surface area contributed by atoms with E-state index in [9.17, 15) is 30.0 Å². The Labute approximate surface area is 293 Å². The van der Waals surface area contributed by atoms with Gasteiger partial charge in [-0.3, -0.25) is 0 Å². The van der Waals surface area contributed by atoms with Crippen molar-refractivity contribution in [1.82, 2.24) is 0 Å². The molecule has 4 aliphatic rings. The van der Waals surface area contributed by atoms with Crippen LogP contribution in [0.4, 0.5) is 17.1 Å². The van der Waals surface area contributed by atoms with Crippen molar-refractivity contribution < 1.29 is 49.0 Å². The molecule has 4 heterocycles. The molecule has 0 bridgehead atoms. The molecule has 0 saturated heterocycles. The molecular formula is C40H24N2O10. The zero-order chi connectivity index (χ0) is 35.7. The maximum Gasteiger partial charge on any atom is 0.342 e. The van der Waals surface area contributed by atoms with Gasteiger partial charge in [0, 0.05) is 57.6 Å². The van der Waals surface area contributed by atoms with Gasteiger partial charge in [-0.15, -0.1) is 0 Å². The van der Waals surface area contributed by atoms with E-state index in [-0.39, 0.29) is 74.2 Å². The molecule has 12 nitrogen and oxygen atoms in total. The highest BCUT2D eigenvalue weighted by atomic mass is 16.6. The van der Waals surface area contributed by atoms with E-state index in [0.29, 0.717) is 33.4 Å². The van der Waals surface area contributed by atoms with Crippen molar-refractivity contribution in [3.8, 4) is 46.0 Å². The summed E-state index contributed by atoms with van der Waals surface area (Å²) in [6.07, 6.45) is 0. The number of fused-ring (bicyclic) bond motifs is 12. The van der Waals surface area contributed by atoms with Gasteiger partial charge in [-0.05, 0) is 60.7 Å². The molecule has 6 aromatic carbocycles. The highest BCUT2D eigenvalue weighted by Crippen LogP contribution is 2.60. The normalized spacial score (nSPS) is 15.9. The number of rotatable bonds is 2. The molecule has 10 rings (SSSR count). The second-order valence-electron chi connectivity index (χ2n) is 12.9. The standard InChI is InChI=1S/C40H24N2O10/c41-28-13-12-27-35(38(48)52-40(27)24-10-6-20(45)16-32(24)50-33-17-21(46)7-11-25(33)40)36(28)42-29-3-1-2-26-34(29)37(47)51-39(26)22-8-4-18(43)14-30(22)49-31-15-19(44)5-9-23(31)39/h1-17,42-46H,41H2. The summed E-state index contributed by atoms with van der Waals surface area (Å²) in [5.74, 6) is -0.796. The third-order valence-electron chi connectivity index (χ3n) is 10.0. The number of hydrogen-bond acceptors (Lipinski definition) is 12. The first-order chi connectivity index (χ1) is 25.1. The number of phenolic OH excluding ortho intramolecular Hbond substituents is 4. The van der Waals surface area contributed by atoms with E-state index in [1.54, 1.807) is 54.6 Å². The van der Waals surface area contributed by atoms with E-state index in [1.807, 2.05) is 0 Å². The van der Waals surface area contributed by atoms with Crippen molar-refractivity contribution in [2.45, 2.75) is 11.2 Å². The predicted octanol–water partition coefficient (Wildman–Crippen LogP) is 6.97. The molecule has 4 aliphatic heterocycles. The molecule has 0 atom stereocenters. The van der Waals surface area contributed by atoms with E-state index >= 15 is 0 Å². The molecule has 12 heteroatoms. The topological polar surface area (TPSA) is 190 Å². The van der Waals surface area contributed by atoms with Gasteiger partial charge in [-0.1, -0.05) is 18.2 Å². The average Bonchev–Trinajstić information content (AvgIpc) is 3.57. The molecule has 6 aromatic rings. The van der Waals surface area contributed by atoms with Gasteiger partial charge in [-0.25, -0.2) is 9.59 Å². The van der Waals surface area contributed by atoms with Gasteiger partial charge in [0.1, 0.15) is 46.0 Å². The lowest BCUT2D eigenvalue weighted by molar-refractivity contribution is 0.0214. The maximum atomic E-state index is 14.1. The van der Waals surface area contributed by atoms with Crippen LogP contribution in [0.1, 0.15) is 54.1 Å². The quantitative estimate of drug-likeness (QED) is 0.0808. The first-order valence-electron chi connectivity index (χ1n) is 16.1. The smallest absolute Gasteiger partial charge is 0.342 e. The van der Waals surface area contributed by atoms with Gasteiger partial charge in [0.2, 0.25) is 0 Å². The van der Waals surface area contributed by atoms with Crippen molar-refractivity contribution in [3.63, 3.8) is 0 Å². The monoisotopic (exact) mass is 692 g/mol. The molecule has 0 aliphatic carbocycles. The molecule has 0 saturated carbocycles. The van der Waals surface area contributed by atoms with E-state index < -0.39 is 23.1 Å². The summed E-state index contributed by atoms with van der Waals surface area (Å²) in [6.45, 7) is 0. The summed E-state index contributed by atoms with van der Waals surface area (Å²) in [4.78, 5) is 28.2. The number of benzene rings is 6. The zero-order valence-corrected chi connectivity index (χ0v) is 26.6. The summed E-state index contributed by atoms with van der Waals surface area (Å²) >= 11 is 0. The number of nitrogens with two attached hydrogens (primary N) is 1. The molecule has 0 aromatic heterocycles. The van der Waals surface area contributed by atoms with Crippen LogP contribution in [-0.4, -0.2) is 32.4 Å². The molecule has 52 heavy (non-hydrogen) atoms. The van der Waals surface area contributed by atoms with Crippen molar-refractivity contribution in [3.05, 3.63) is 148 Å². The lowest BCUT2D eigenvalue weighted by atomic mass is 9.77. The average molecular weight is 693 g/mol. The Morgan fingerprint density at radius 2 is 0.904 bits per heavy atom. The summed E-state index contributed by atoms with van der Waals surface area (Å²) in [5, 5.41) is 44.5. The molecule has 7 N–H and O–H groups in total. The van der Waals surface area contributed by atoms with Crippen LogP contribution in [0.5, 0.6) is 46.0 Å². The van der Waals surface area contributed by atoms with Crippen LogP contribution < -0.4 is 20.5 Å². The van der Waals surface area contributed by atoms with Crippen LogP contribution >= 0.6 is 0 Å². The molecule has 0 amide bonds. The van der Waals surface area contributed by atoms with E-state index in [2.05, 4.69) is 5.32 Å². The fraction of sp³-hybridized carbons (Fsp3) is 0.0500. The second kappa shape index (κ2) is 9.88. The summed E-state index contributed by atoms with van der Waals surface area (Å²) in [5.41, 5.74) is 7.05. The van der Waals surface area contributed by atoms with Crippen molar-refractivity contribution >= 4 is 29.0 Å². The fourth-order valence-electron chi connectivity index (χ4n) is 7.93. The lowest BCUT2D eigenvalue weighted by Gasteiger charge is -2.36. The number of aromatic hydroxyl groups is 4. The third-order valence-corrected chi connectivity index (χ3v) is 10.0. The number of nitrogens with one attached hydrogen (secondary N) is 1. The number of carbonyl (C=O) groups excluding carboxylic acids is 2. The molecule has 254 valence electrons. The second-order valence-corrected chi connectivity index (χ2v) is 12.9. The highest BCUT2D eigenvalue weighted by Gasteiger charge is 2.56. The van der Waals surface area contributed by atoms with Crippen molar-refractivity contribution in [1.29, 1.82) is 0 Å². The first kappa shape index (κ1) is 29.6. The largest absolute Gasteiger partial charge is 0.508 e. The number of carbonyl (C=O) groups is 2. The van der Waals surface area contributed by atoms with Crippen molar-refractivity contribution in [2.24, 2.45) is 0 Å². The number of nitrogen functional groups attached to an aromatic ring is 1. The summed E-state index contributed by atoms with van der Waals surface area (Å²) < 4.78 is 24.7. The van der Waals surface area contributed by atoms with Crippen LogP contribution in [0.15, 0.2) is 103 Å². The van der Waals surface area contributed by atoms with Gasteiger partial charge in [0.25, 0.3) is 0 Å². The Bertz CT molecular complexity index is 2530. The number of ether oxygens (including phenoxy) is 4. The van der Waals surface area contributed by atoms with Gasteiger partial charge < -0.3 is 50.4 Å². The minimum Gasteiger partial charge on any atom is -0.508 e. The van der Waals surface area contributed by atoms with E-state index in [4.69, 9.17) is 24.7 Å². The predicted molar refractivity (Wildman–Crippen MR) is 184 cm³/mol. The Morgan fingerprint density at radius 1 is 0.500 bits per heavy atom. The Hall–Kier alpha value is -7.34. The highest BCUT2D eigenvalue weighted by molar-refractivity contribution is 6.08. The van der Waals surface area contributed by atoms with Gasteiger partial charge in [0.05, 0.1) is 28.2 Å². The van der Waals surface area contributed by atoms with Gasteiger partial charge in [0.15, 0.2) is 11.2 Å². The van der Waals surface area contributed by atoms with Crippen LogP contribution in [0.3, 0.4) is 0 Å². The molecule has 0 unspecified atom stereocenters. The lowest BCUT2D eigenvalue weighted by Crippen LogP contribution is -2.32. The minimum atomic E-state index is -1.55. The van der Waals surface area contributed by atoms with Crippen LogP contribution in [0.2, 0.25) is 0 Å². The third kappa shape index (κ3) is 3.69. The zero-order valence-electron chi connectivity index (χ0n) is 26.6. The maximum absolute atomic E-state index is 14.1. The fourth-order valence-corrected chi connectivity index (χ4v) is 7.93.